The standard InChI is InChI=1S/C21H15F2N5OS/c22-21(23)29-18-4-2-1-3-13(18)11-28-17-8-20(24-9-14(17)10-26-28)27-15-5-6-16-19(7-15)30-12-25-16/h1-10,12,21H,11H2,(H,24,27). The van der Waals surface area contributed by atoms with Crippen LogP contribution < -0.4 is 10.1 Å². The molecule has 3 aromatic heterocycles. The van der Waals surface area contributed by atoms with Gasteiger partial charge in [0.25, 0.3) is 0 Å². The predicted octanol–water partition coefficient (Wildman–Crippen LogP) is 5.43. The summed E-state index contributed by atoms with van der Waals surface area (Å²) in [5, 5.41) is 8.54. The van der Waals surface area contributed by atoms with Gasteiger partial charge in [-0.1, -0.05) is 18.2 Å². The number of halogens is 2. The van der Waals surface area contributed by atoms with Crippen LogP contribution >= 0.6 is 11.3 Å². The molecule has 0 aliphatic heterocycles. The number of nitrogens with zero attached hydrogens (tertiary/aromatic N) is 4. The summed E-state index contributed by atoms with van der Waals surface area (Å²) in [4.78, 5) is 8.73. The Morgan fingerprint density at radius 2 is 1.97 bits per heavy atom. The van der Waals surface area contributed by atoms with Crippen LogP contribution in [-0.2, 0) is 6.54 Å². The zero-order valence-electron chi connectivity index (χ0n) is 15.5. The molecule has 0 aliphatic carbocycles. The molecule has 0 atom stereocenters. The summed E-state index contributed by atoms with van der Waals surface area (Å²) in [7, 11) is 0. The van der Waals surface area contributed by atoms with Crippen molar-refractivity contribution in [2.24, 2.45) is 0 Å². The minimum atomic E-state index is -2.88. The van der Waals surface area contributed by atoms with E-state index in [0.29, 0.717) is 17.9 Å². The highest BCUT2D eigenvalue weighted by atomic mass is 32.1. The molecule has 0 bridgehead atoms. The first kappa shape index (κ1) is 18.4. The Morgan fingerprint density at radius 1 is 1.07 bits per heavy atom. The second-order valence-electron chi connectivity index (χ2n) is 6.58. The fourth-order valence-corrected chi connectivity index (χ4v) is 3.97. The number of anilines is 2. The zero-order valence-corrected chi connectivity index (χ0v) is 16.3. The lowest BCUT2D eigenvalue weighted by Gasteiger charge is -2.11. The van der Waals surface area contributed by atoms with E-state index in [4.69, 9.17) is 0 Å². The van der Waals surface area contributed by atoms with Gasteiger partial charge in [0.2, 0.25) is 0 Å². The van der Waals surface area contributed by atoms with Crippen molar-refractivity contribution in [1.29, 1.82) is 0 Å². The predicted molar refractivity (Wildman–Crippen MR) is 113 cm³/mol. The third-order valence-electron chi connectivity index (χ3n) is 4.64. The summed E-state index contributed by atoms with van der Waals surface area (Å²) in [6.45, 7) is -2.58. The molecule has 2 aromatic carbocycles. The summed E-state index contributed by atoms with van der Waals surface area (Å²) in [5.41, 5.74) is 5.12. The van der Waals surface area contributed by atoms with Gasteiger partial charge in [-0.3, -0.25) is 4.68 Å². The quantitative estimate of drug-likeness (QED) is 0.394. The first-order valence-electron chi connectivity index (χ1n) is 9.10. The van der Waals surface area contributed by atoms with Gasteiger partial charge >= 0.3 is 6.61 Å². The lowest BCUT2D eigenvalue weighted by molar-refractivity contribution is -0.0505. The zero-order chi connectivity index (χ0) is 20.5. The molecular weight excluding hydrogens is 408 g/mol. The number of ether oxygens (including phenoxy) is 1. The molecule has 0 fully saturated rings. The number of aromatic nitrogens is 4. The number of benzene rings is 2. The summed E-state index contributed by atoms with van der Waals surface area (Å²) < 4.78 is 32.9. The lowest BCUT2D eigenvalue weighted by Crippen LogP contribution is -2.08. The van der Waals surface area contributed by atoms with Crippen LogP contribution in [0.5, 0.6) is 5.75 Å². The molecule has 1 N–H and O–H groups in total. The van der Waals surface area contributed by atoms with Crippen LogP contribution in [0.3, 0.4) is 0 Å². The average molecular weight is 423 g/mol. The fourth-order valence-electron chi connectivity index (χ4n) is 3.25. The van der Waals surface area contributed by atoms with E-state index in [1.165, 1.54) is 6.07 Å². The van der Waals surface area contributed by atoms with Gasteiger partial charge in [0.1, 0.15) is 11.6 Å². The van der Waals surface area contributed by atoms with E-state index < -0.39 is 6.61 Å². The third-order valence-corrected chi connectivity index (χ3v) is 5.43. The molecule has 0 unspecified atom stereocenters. The molecule has 6 nitrogen and oxygen atoms in total. The summed E-state index contributed by atoms with van der Waals surface area (Å²) in [6.07, 6.45) is 3.43. The smallest absolute Gasteiger partial charge is 0.387 e. The molecule has 0 radical (unpaired) electrons. The molecule has 5 aromatic rings. The highest BCUT2D eigenvalue weighted by Crippen LogP contribution is 2.26. The molecule has 3 heterocycles. The number of hydrogen-bond acceptors (Lipinski definition) is 6. The van der Waals surface area contributed by atoms with Crippen LogP contribution in [0.4, 0.5) is 20.3 Å². The first-order chi connectivity index (χ1) is 14.7. The normalized spacial score (nSPS) is 11.4. The molecule has 0 saturated carbocycles. The number of pyridine rings is 1. The number of rotatable bonds is 6. The van der Waals surface area contributed by atoms with Crippen LogP contribution in [0.15, 0.2) is 66.4 Å². The van der Waals surface area contributed by atoms with Crippen molar-refractivity contribution in [2.45, 2.75) is 13.2 Å². The average Bonchev–Trinajstić information content (AvgIpc) is 3.36. The molecule has 150 valence electrons. The molecule has 5 rings (SSSR count). The Balaban J connectivity index is 1.45. The van der Waals surface area contributed by atoms with Crippen molar-refractivity contribution in [1.82, 2.24) is 19.7 Å². The molecule has 0 amide bonds. The van der Waals surface area contributed by atoms with E-state index >= 15 is 0 Å². The van der Waals surface area contributed by atoms with Crippen molar-refractivity contribution < 1.29 is 13.5 Å². The number of hydrogen-bond donors (Lipinski definition) is 1. The second-order valence-corrected chi connectivity index (χ2v) is 7.46. The van der Waals surface area contributed by atoms with Gasteiger partial charge in [-0.2, -0.15) is 13.9 Å². The Hall–Kier alpha value is -3.59. The Bertz CT molecular complexity index is 1330. The molecule has 0 aliphatic rings. The maximum absolute atomic E-state index is 12.7. The minimum absolute atomic E-state index is 0.140. The fraction of sp³-hybridized carbons (Fsp3) is 0.0952. The van der Waals surface area contributed by atoms with Gasteiger partial charge < -0.3 is 10.1 Å². The minimum Gasteiger partial charge on any atom is -0.434 e. The largest absolute Gasteiger partial charge is 0.434 e. The number of nitrogens with one attached hydrogen (secondary N) is 1. The molecule has 9 heteroatoms. The van der Waals surface area contributed by atoms with Gasteiger partial charge in [-0.05, 0) is 24.3 Å². The number of alkyl halides is 2. The second kappa shape index (κ2) is 7.68. The van der Waals surface area contributed by atoms with Gasteiger partial charge in [0.15, 0.2) is 0 Å². The van der Waals surface area contributed by atoms with Crippen molar-refractivity contribution in [3.63, 3.8) is 0 Å². The number of thiazole rings is 1. The first-order valence-corrected chi connectivity index (χ1v) is 9.98. The highest BCUT2D eigenvalue weighted by Gasteiger charge is 2.12. The van der Waals surface area contributed by atoms with Crippen molar-refractivity contribution >= 4 is 44.0 Å². The van der Waals surface area contributed by atoms with Crippen molar-refractivity contribution in [3.8, 4) is 5.75 Å². The maximum Gasteiger partial charge on any atom is 0.387 e. The topological polar surface area (TPSA) is 64.9 Å². The third kappa shape index (κ3) is 3.67. The van der Waals surface area contributed by atoms with Gasteiger partial charge in [0, 0.05) is 28.9 Å². The summed E-state index contributed by atoms with van der Waals surface area (Å²) in [5.74, 6) is 0.798. The highest BCUT2D eigenvalue weighted by molar-refractivity contribution is 7.16. The van der Waals surface area contributed by atoms with E-state index in [0.717, 1.165) is 26.8 Å². The monoisotopic (exact) mass is 423 g/mol. The van der Waals surface area contributed by atoms with Crippen LogP contribution in [0.1, 0.15) is 5.56 Å². The van der Waals surface area contributed by atoms with Crippen molar-refractivity contribution in [3.05, 3.63) is 72.0 Å². The van der Waals surface area contributed by atoms with Gasteiger partial charge in [-0.15, -0.1) is 11.3 Å². The molecule has 30 heavy (non-hydrogen) atoms. The SMILES string of the molecule is FC(F)Oc1ccccc1Cn1ncc2cnc(Nc3ccc4ncsc4c3)cc21. The maximum atomic E-state index is 12.7. The number of fused-ring (bicyclic) bond motifs is 2. The molecule has 0 spiro atoms. The van der Waals surface area contributed by atoms with Gasteiger partial charge in [0.05, 0.1) is 34.0 Å². The van der Waals surface area contributed by atoms with Crippen LogP contribution in [0, 0.1) is 0 Å². The van der Waals surface area contributed by atoms with E-state index in [1.807, 2.05) is 29.8 Å². The van der Waals surface area contributed by atoms with Gasteiger partial charge in [-0.25, -0.2) is 9.97 Å². The molecular formula is C21H15F2N5OS. The van der Waals surface area contributed by atoms with E-state index in [9.17, 15) is 8.78 Å². The van der Waals surface area contributed by atoms with E-state index in [-0.39, 0.29) is 5.75 Å². The Morgan fingerprint density at radius 3 is 2.87 bits per heavy atom. The Labute approximate surface area is 173 Å². The van der Waals surface area contributed by atoms with Crippen LogP contribution in [-0.4, -0.2) is 26.4 Å². The summed E-state index contributed by atoms with van der Waals surface area (Å²) in [6, 6.07) is 14.5. The van der Waals surface area contributed by atoms with Crippen LogP contribution in [0.25, 0.3) is 21.1 Å². The van der Waals surface area contributed by atoms with Crippen molar-refractivity contribution in [2.75, 3.05) is 5.32 Å². The molecule has 0 saturated heterocycles. The Kier molecular flexibility index (Phi) is 4.72. The number of para-hydroxylation sites is 1. The lowest BCUT2D eigenvalue weighted by atomic mass is 10.2. The van der Waals surface area contributed by atoms with Crippen LogP contribution in [0.2, 0.25) is 0 Å². The van der Waals surface area contributed by atoms with E-state index in [1.54, 1.807) is 46.6 Å². The summed E-state index contributed by atoms with van der Waals surface area (Å²) >= 11 is 1.57. The van der Waals surface area contributed by atoms with E-state index in [2.05, 4.69) is 25.1 Å².